The molecule has 4 heteroatoms. The average Bonchev–Trinajstić information content (AvgIpc) is 2.83. The molecule has 2 saturated carbocycles. The van der Waals surface area contributed by atoms with Gasteiger partial charge in [0.15, 0.2) is 11.6 Å². The molecule has 4 aliphatic rings. The van der Waals surface area contributed by atoms with Gasteiger partial charge in [0.05, 0.1) is 5.88 Å². The van der Waals surface area contributed by atoms with Gasteiger partial charge in [-0.15, -0.1) is 11.6 Å². The Bertz CT molecular complexity index is 738. The molecule has 4 rings (SSSR count). The van der Waals surface area contributed by atoms with Crippen LogP contribution < -0.4 is 0 Å². The van der Waals surface area contributed by atoms with E-state index in [1.165, 1.54) is 11.1 Å². The number of fused-ring (bicyclic) bond motifs is 5. The molecule has 0 aromatic rings. The Balaban J connectivity index is 1.78. The Hall–Kier alpha value is -0.930. The summed E-state index contributed by atoms with van der Waals surface area (Å²) in [5.41, 5.74) is 0.951. The van der Waals surface area contributed by atoms with Crippen molar-refractivity contribution >= 4 is 23.2 Å². The molecule has 0 aliphatic heterocycles. The number of rotatable bonds is 2. The number of alkyl halides is 1. The highest BCUT2D eigenvalue weighted by molar-refractivity contribution is 6.29. The van der Waals surface area contributed by atoms with Gasteiger partial charge in [-0.3, -0.25) is 9.59 Å². The van der Waals surface area contributed by atoms with E-state index in [9.17, 15) is 14.7 Å². The van der Waals surface area contributed by atoms with Gasteiger partial charge < -0.3 is 5.11 Å². The number of ketones is 2. The standard InChI is InChI=1S/C22H29ClO3/c1-13-10-18-16-5-4-14-11-15(24)6-8-20(14,2)17(16)7-9-21(18,3)22(13,26)19(25)12-23/h7,11,13,16,18,26H,4-6,8-10,12H2,1-3H3/t13-,16?,18?,20-,21-,22-/m0/s1. The van der Waals surface area contributed by atoms with Crippen LogP contribution in [0.3, 0.4) is 0 Å². The van der Waals surface area contributed by atoms with Crippen molar-refractivity contribution in [2.75, 3.05) is 5.88 Å². The Morgan fingerprint density at radius 1 is 1.35 bits per heavy atom. The first-order valence-electron chi connectivity index (χ1n) is 9.94. The summed E-state index contributed by atoms with van der Waals surface area (Å²) in [5.74, 6) is 0.522. The third-order valence-corrected chi connectivity index (χ3v) is 8.71. The second-order valence-corrected chi connectivity index (χ2v) is 9.73. The first kappa shape index (κ1) is 18.4. The molecule has 0 spiro atoms. The van der Waals surface area contributed by atoms with Gasteiger partial charge in [-0.2, -0.15) is 0 Å². The van der Waals surface area contributed by atoms with Crippen molar-refractivity contribution in [3.8, 4) is 0 Å². The van der Waals surface area contributed by atoms with Crippen molar-refractivity contribution in [3.05, 3.63) is 23.3 Å². The van der Waals surface area contributed by atoms with E-state index in [-0.39, 0.29) is 28.8 Å². The van der Waals surface area contributed by atoms with Crippen molar-refractivity contribution in [1.29, 1.82) is 0 Å². The summed E-state index contributed by atoms with van der Waals surface area (Å²) in [7, 11) is 0. The SMILES string of the molecule is C[C@H]1CC2C3CCC4=CC(=O)CC[C@]4(C)C3=CC[C@]2(C)[C@@]1(O)C(=O)CCl. The maximum atomic E-state index is 12.6. The minimum Gasteiger partial charge on any atom is -0.381 e. The Morgan fingerprint density at radius 2 is 2.08 bits per heavy atom. The van der Waals surface area contributed by atoms with Gasteiger partial charge >= 0.3 is 0 Å². The number of allylic oxidation sites excluding steroid dienone is 4. The molecule has 1 N–H and O–H groups in total. The van der Waals surface area contributed by atoms with E-state index < -0.39 is 11.0 Å². The molecule has 4 aliphatic carbocycles. The van der Waals surface area contributed by atoms with Crippen LogP contribution in [0.5, 0.6) is 0 Å². The molecule has 26 heavy (non-hydrogen) atoms. The number of halogens is 1. The lowest BCUT2D eigenvalue weighted by Crippen LogP contribution is -2.57. The zero-order valence-electron chi connectivity index (χ0n) is 16.0. The maximum absolute atomic E-state index is 12.6. The highest BCUT2D eigenvalue weighted by Gasteiger charge is 2.67. The first-order valence-corrected chi connectivity index (χ1v) is 10.5. The van der Waals surface area contributed by atoms with Gasteiger partial charge in [0, 0.05) is 17.3 Å². The van der Waals surface area contributed by atoms with E-state index in [2.05, 4.69) is 19.9 Å². The van der Waals surface area contributed by atoms with Crippen molar-refractivity contribution in [2.24, 2.45) is 28.6 Å². The topological polar surface area (TPSA) is 54.4 Å². The van der Waals surface area contributed by atoms with Gasteiger partial charge in [-0.05, 0) is 55.9 Å². The van der Waals surface area contributed by atoms with E-state index in [0.717, 1.165) is 25.7 Å². The van der Waals surface area contributed by atoms with Gasteiger partial charge in [-0.25, -0.2) is 0 Å². The minimum atomic E-state index is -1.33. The fourth-order valence-electron chi connectivity index (χ4n) is 6.90. The molecule has 6 atom stereocenters. The Labute approximate surface area is 160 Å². The summed E-state index contributed by atoms with van der Waals surface area (Å²) in [6.45, 7) is 6.39. The van der Waals surface area contributed by atoms with Crippen LogP contribution in [0.4, 0.5) is 0 Å². The van der Waals surface area contributed by atoms with E-state index in [4.69, 9.17) is 11.6 Å². The van der Waals surface area contributed by atoms with Crippen molar-refractivity contribution in [2.45, 2.75) is 64.9 Å². The molecule has 2 fully saturated rings. The quantitative estimate of drug-likeness (QED) is 0.579. The van der Waals surface area contributed by atoms with Crippen LogP contribution in [-0.2, 0) is 9.59 Å². The van der Waals surface area contributed by atoms with Crippen LogP contribution in [0.1, 0.15) is 59.3 Å². The predicted molar refractivity (Wildman–Crippen MR) is 102 cm³/mol. The molecule has 142 valence electrons. The Morgan fingerprint density at radius 3 is 2.77 bits per heavy atom. The molecule has 0 saturated heterocycles. The van der Waals surface area contributed by atoms with Crippen molar-refractivity contribution in [1.82, 2.24) is 0 Å². The van der Waals surface area contributed by atoms with Crippen LogP contribution in [0.15, 0.2) is 23.3 Å². The molecular formula is C22H29ClO3. The zero-order valence-corrected chi connectivity index (χ0v) is 16.7. The molecule has 0 radical (unpaired) electrons. The van der Waals surface area contributed by atoms with Crippen molar-refractivity contribution < 1.29 is 14.7 Å². The van der Waals surface area contributed by atoms with Crippen LogP contribution >= 0.6 is 11.6 Å². The summed E-state index contributed by atoms with van der Waals surface area (Å²) in [5, 5.41) is 11.5. The lowest BCUT2D eigenvalue weighted by atomic mass is 9.50. The number of hydrogen-bond donors (Lipinski definition) is 1. The third kappa shape index (κ3) is 2.10. The van der Waals surface area contributed by atoms with E-state index in [0.29, 0.717) is 24.7 Å². The smallest absolute Gasteiger partial charge is 0.179 e. The lowest BCUT2D eigenvalue weighted by Gasteiger charge is -2.54. The highest BCUT2D eigenvalue weighted by Crippen LogP contribution is 2.66. The number of carbonyl (C=O) groups excluding carboxylic acids is 2. The second-order valence-electron chi connectivity index (χ2n) is 9.46. The largest absolute Gasteiger partial charge is 0.381 e. The molecule has 0 heterocycles. The molecular weight excluding hydrogens is 348 g/mol. The van der Waals surface area contributed by atoms with Gasteiger partial charge in [0.25, 0.3) is 0 Å². The minimum absolute atomic E-state index is 0.0153. The Kier molecular flexibility index (Phi) is 4.10. The summed E-state index contributed by atoms with van der Waals surface area (Å²) in [4.78, 5) is 24.6. The summed E-state index contributed by atoms with van der Waals surface area (Å²) in [6, 6.07) is 0. The molecule has 0 aromatic carbocycles. The van der Waals surface area contributed by atoms with Gasteiger partial charge in [0.1, 0.15) is 5.60 Å². The van der Waals surface area contributed by atoms with E-state index in [1.807, 2.05) is 13.0 Å². The summed E-state index contributed by atoms with van der Waals surface area (Å²) in [6.07, 6.45) is 9.25. The maximum Gasteiger partial charge on any atom is 0.179 e. The fraction of sp³-hybridized carbons (Fsp3) is 0.727. The van der Waals surface area contributed by atoms with Crippen LogP contribution in [-0.4, -0.2) is 28.2 Å². The van der Waals surface area contributed by atoms with Gasteiger partial charge in [0.2, 0.25) is 0 Å². The zero-order chi connectivity index (χ0) is 18.9. The van der Waals surface area contributed by atoms with Crippen LogP contribution in [0, 0.1) is 28.6 Å². The number of aliphatic hydroxyl groups is 1. The number of Topliss-reactive ketones (excluding diaryl/α,β-unsaturated/α-hetero) is 1. The van der Waals surface area contributed by atoms with Crippen LogP contribution in [0.2, 0.25) is 0 Å². The number of hydrogen-bond acceptors (Lipinski definition) is 3. The average molecular weight is 377 g/mol. The van der Waals surface area contributed by atoms with E-state index in [1.54, 1.807) is 0 Å². The lowest BCUT2D eigenvalue weighted by molar-refractivity contribution is -0.155. The van der Waals surface area contributed by atoms with E-state index >= 15 is 0 Å². The van der Waals surface area contributed by atoms with Crippen molar-refractivity contribution in [3.63, 3.8) is 0 Å². The first-order chi connectivity index (χ1) is 12.2. The fourth-order valence-corrected chi connectivity index (χ4v) is 7.10. The summed E-state index contributed by atoms with van der Waals surface area (Å²) < 4.78 is 0. The molecule has 3 nitrogen and oxygen atoms in total. The highest BCUT2D eigenvalue weighted by atomic mass is 35.5. The molecule has 0 bridgehead atoms. The molecule has 2 unspecified atom stereocenters. The summed E-state index contributed by atoms with van der Waals surface area (Å²) >= 11 is 5.88. The number of carbonyl (C=O) groups is 2. The second kappa shape index (κ2) is 5.78. The van der Waals surface area contributed by atoms with Crippen LogP contribution in [0.25, 0.3) is 0 Å². The third-order valence-electron chi connectivity index (χ3n) is 8.46. The molecule has 0 amide bonds. The monoisotopic (exact) mass is 376 g/mol. The normalized spacial score (nSPS) is 47.4. The molecule has 0 aromatic heterocycles. The van der Waals surface area contributed by atoms with Gasteiger partial charge in [-0.1, -0.05) is 38.0 Å². The predicted octanol–water partition coefficient (Wildman–Crippen LogP) is 4.22.